The molecule has 0 amide bonds. The highest BCUT2D eigenvalue weighted by atomic mass is 35.5. The molecule has 0 unspecified atom stereocenters. The van der Waals surface area contributed by atoms with Crippen molar-refractivity contribution in [3.05, 3.63) is 64.8 Å². The first kappa shape index (κ1) is 22.4. The van der Waals surface area contributed by atoms with E-state index in [1.165, 1.54) is 55.7 Å². The molecule has 4 aromatic rings. The lowest BCUT2D eigenvalue weighted by Gasteiger charge is -2.39. The topological polar surface area (TPSA) is 90.0 Å². The van der Waals surface area contributed by atoms with Gasteiger partial charge in [0.05, 0.1) is 13.3 Å². The summed E-state index contributed by atoms with van der Waals surface area (Å²) >= 11 is 7.79. The van der Waals surface area contributed by atoms with Gasteiger partial charge in [0, 0.05) is 18.0 Å². The van der Waals surface area contributed by atoms with E-state index in [4.69, 9.17) is 27.1 Å². The number of fused-ring (bicyclic) bond motifs is 2. The average Bonchev–Trinajstić information content (AvgIpc) is 3.23. The number of hydrogen-bond acceptors (Lipinski definition) is 8. The number of nitrogens with zero attached hydrogens (tertiary/aromatic N) is 5. The van der Waals surface area contributed by atoms with Crippen molar-refractivity contribution in [1.82, 2.24) is 19.9 Å². The van der Waals surface area contributed by atoms with Crippen LogP contribution in [-0.4, -0.2) is 40.1 Å². The van der Waals surface area contributed by atoms with Crippen molar-refractivity contribution in [2.75, 3.05) is 30.8 Å². The molecule has 178 valence electrons. The van der Waals surface area contributed by atoms with Crippen molar-refractivity contribution in [2.45, 2.75) is 35.6 Å². The van der Waals surface area contributed by atoms with E-state index in [1.807, 2.05) is 18.3 Å². The highest BCUT2D eigenvalue weighted by Gasteiger charge is 2.39. The summed E-state index contributed by atoms with van der Waals surface area (Å²) in [5.74, 6) is 1.55. The molecular weight excluding hydrogens is 480 g/mol. The number of aromatic nitrogens is 4. The fraction of sp³-hybridized carbons (Fsp3) is 0.308. The van der Waals surface area contributed by atoms with Crippen LogP contribution in [0.25, 0.3) is 11.2 Å². The zero-order valence-corrected chi connectivity index (χ0v) is 20.9. The predicted molar refractivity (Wildman–Crippen MR) is 139 cm³/mol. The number of halogens is 1. The number of anilines is 2. The Morgan fingerprint density at radius 1 is 1.03 bits per heavy atom. The summed E-state index contributed by atoms with van der Waals surface area (Å²) in [7, 11) is 1.51. The minimum atomic E-state index is 0.296. The fourth-order valence-electron chi connectivity index (χ4n) is 5.25. The molecule has 6 rings (SSSR count). The van der Waals surface area contributed by atoms with Gasteiger partial charge in [-0.05, 0) is 60.4 Å². The molecule has 4 heterocycles. The molecular formula is C26H25ClN6OS. The van der Waals surface area contributed by atoms with Gasteiger partial charge in [0.2, 0.25) is 5.88 Å². The molecule has 0 bridgehead atoms. The van der Waals surface area contributed by atoms with Crippen LogP contribution in [0.4, 0.5) is 11.6 Å². The molecule has 0 atom stereocenters. The molecule has 1 aromatic carbocycles. The van der Waals surface area contributed by atoms with Gasteiger partial charge < -0.3 is 15.4 Å². The lowest BCUT2D eigenvalue weighted by Crippen LogP contribution is -2.41. The van der Waals surface area contributed by atoms with Crippen LogP contribution >= 0.6 is 23.4 Å². The van der Waals surface area contributed by atoms with Crippen LogP contribution < -0.4 is 15.4 Å². The summed E-state index contributed by atoms with van der Waals surface area (Å²) in [5.41, 5.74) is 10.7. The second-order valence-electron chi connectivity index (χ2n) is 9.30. The molecule has 0 saturated carbocycles. The van der Waals surface area contributed by atoms with Crippen molar-refractivity contribution in [1.29, 1.82) is 0 Å². The van der Waals surface area contributed by atoms with Gasteiger partial charge in [-0.1, -0.05) is 47.6 Å². The molecule has 35 heavy (non-hydrogen) atoms. The predicted octanol–water partition coefficient (Wildman–Crippen LogP) is 5.20. The zero-order chi connectivity index (χ0) is 24.0. The Bertz CT molecular complexity index is 1400. The Kier molecular flexibility index (Phi) is 5.65. The molecule has 1 spiro atoms. The van der Waals surface area contributed by atoms with Crippen LogP contribution in [0.2, 0.25) is 5.02 Å². The quantitative estimate of drug-likeness (QED) is 0.405. The highest BCUT2D eigenvalue weighted by molar-refractivity contribution is 7.99. The third-order valence-corrected chi connectivity index (χ3v) is 8.54. The van der Waals surface area contributed by atoms with Gasteiger partial charge in [-0.15, -0.1) is 0 Å². The number of nitrogens with two attached hydrogens (primary N) is 1. The van der Waals surface area contributed by atoms with Crippen molar-refractivity contribution < 1.29 is 4.74 Å². The molecule has 0 radical (unpaired) electrons. The van der Waals surface area contributed by atoms with Gasteiger partial charge in [0.25, 0.3) is 0 Å². The van der Waals surface area contributed by atoms with Crippen LogP contribution in [0.1, 0.15) is 24.0 Å². The van der Waals surface area contributed by atoms with Crippen molar-refractivity contribution >= 4 is 46.2 Å². The SMILES string of the molecule is COc1nc(N)cc(Sc2ccc3nc(N4CCC5(CC4)Cc4ccccc4C5)cnc3n2)c1Cl. The number of methoxy groups -OCH3 is 1. The van der Waals surface area contributed by atoms with Crippen LogP contribution in [0.5, 0.6) is 5.88 Å². The molecule has 1 aliphatic heterocycles. The summed E-state index contributed by atoms with van der Waals surface area (Å²) in [4.78, 5) is 21.4. The maximum Gasteiger partial charge on any atom is 0.235 e. The van der Waals surface area contributed by atoms with Crippen LogP contribution in [-0.2, 0) is 12.8 Å². The fourth-order valence-corrected chi connectivity index (χ4v) is 6.39. The maximum absolute atomic E-state index is 6.40. The highest BCUT2D eigenvalue weighted by Crippen LogP contribution is 2.45. The minimum absolute atomic E-state index is 0.296. The largest absolute Gasteiger partial charge is 0.480 e. The van der Waals surface area contributed by atoms with Gasteiger partial charge in [0.15, 0.2) is 5.65 Å². The number of rotatable bonds is 4. The van der Waals surface area contributed by atoms with Crippen molar-refractivity contribution in [3.8, 4) is 5.88 Å². The monoisotopic (exact) mass is 504 g/mol. The number of ether oxygens (including phenoxy) is 1. The summed E-state index contributed by atoms with van der Waals surface area (Å²) in [6, 6.07) is 14.5. The van der Waals surface area contributed by atoms with E-state index in [1.54, 1.807) is 6.07 Å². The van der Waals surface area contributed by atoms with E-state index >= 15 is 0 Å². The minimum Gasteiger partial charge on any atom is -0.480 e. The number of pyridine rings is 2. The Balaban J connectivity index is 1.17. The van der Waals surface area contributed by atoms with Gasteiger partial charge in [-0.2, -0.15) is 4.98 Å². The smallest absolute Gasteiger partial charge is 0.235 e. The third-order valence-electron chi connectivity index (χ3n) is 7.09. The first-order valence-electron chi connectivity index (χ1n) is 11.7. The van der Waals surface area contributed by atoms with Crippen LogP contribution in [0.15, 0.2) is 58.6 Å². The van der Waals surface area contributed by atoms with Crippen LogP contribution in [0.3, 0.4) is 0 Å². The molecule has 2 aliphatic rings. The molecule has 2 N–H and O–H groups in total. The Hall–Kier alpha value is -3.10. The number of piperidine rings is 1. The van der Waals surface area contributed by atoms with Crippen LogP contribution in [0, 0.1) is 5.41 Å². The Labute approximate surface area is 213 Å². The van der Waals surface area contributed by atoms with Gasteiger partial charge in [-0.25, -0.2) is 15.0 Å². The van der Waals surface area contributed by atoms with E-state index in [0.717, 1.165) is 34.3 Å². The number of nitrogen functional groups attached to an aromatic ring is 1. The van der Waals surface area contributed by atoms with E-state index in [9.17, 15) is 0 Å². The lowest BCUT2D eigenvalue weighted by molar-refractivity contribution is 0.232. The first-order valence-corrected chi connectivity index (χ1v) is 12.8. The summed E-state index contributed by atoms with van der Waals surface area (Å²) in [6.07, 6.45) is 6.59. The average molecular weight is 505 g/mol. The Morgan fingerprint density at radius 3 is 2.49 bits per heavy atom. The summed E-state index contributed by atoms with van der Waals surface area (Å²) < 4.78 is 5.21. The van der Waals surface area contributed by atoms with Gasteiger partial charge in [0.1, 0.15) is 27.2 Å². The molecule has 1 aliphatic carbocycles. The second kappa shape index (κ2) is 8.84. The maximum atomic E-state index is 6.40. The summed E-state index contributed by atoms with van der Waals surface area (Å²) in [5, 5.41) is 1.15. The number of benzene rings is 1. The standard InChI is InChI=1S/C26H25ClN6OS/c1-34-25-23(27)19(12-20(28)31-25)35-22-7-6-18-24(32-22)29-15-21(30-18)33-10-8-26(9-11-33)13-16-4-2-3-5-17(16)14-26/h2-7,12,15H,8-11,13-14H2,1H3,(H2,28,31). The van der Waals surface area contributed by atoms with E-state index in [2.05, 4.69) is 44.1 Å². The molecule has 7 nitrogen and oxygen atoms in total. The van der Waals surface area contributed by atoms with Crippen molar-refractivity contribution in [2.24, 2.45) is 5.41 Å². The molecule has 3 aromatic heterocycles. The summed E-state index contributed by atoms with van der Waals surface area (Å²) in [6.45, 7) is 2.00. The molecule has 1 fully saturated rings. The van der Waals surface area contributed by atoms with E-state index < -0.39 is 0 Å². The zero-order valence-electron chi connectivity index (χ0n) is 19.4. The number of hydrogen-bond donors (Lipinski definition) is 1. The lowest BCUT2D eigenvalue weighted by atomic mass is 9.76. The normalized spacial score (nSPS) is 16.6. The second-order valence-corrected chi connectivity index (χ2v) is 10.7. The third kappa shape index (κ3) is 4.25. The molecule has 1 saturated heterocycles. The van der Waals surface area contributed by atoms with Gasteiger partial charge in [-0.3, -0.25) is 0 Å². The Morgan fingerprint density at radius 2 is 1.77 bits per heavy atom. The van der Waals surface area contributed by atoms with E-state index in [0.29, 0.717) is 27.8 Å². The van der Waals surface area contributed by atoms with Crippen molar-refractivity contribution in [3.63, 3.8) is 0 Å². The first-order chi connectivity index (χ1) is 17.0. The van der Waals surface area contributed by atoms with Gasteiger partial charge >= 0.3 is 0 Å². The molecule has 9 heteroatoms. The van der Waals surface area contributed by atoms with E-state index in [-0.39, 0.29) is 0 Å².